The van der Waals surface area contributed by atoms with Crippen LogP contribution in [0.2, 0.25) is 0 Å². The van der Waals surface area contributed by atoms with Crippen molar-refractivity contribution in [2.75, 3.05) is 32.8 Å². The molecule has 1 aromatic rings. The van der Waals surface area contributed by atoms with Crippen molar-refractivity contribution < 1.29 is 15.1 Å². The molecule has 110 valence electrons. The van der Waals surface area contributed by atoms with Gasteiger partial charge in [0.25, 0.3) is 0 Å². The summed E-state index contributed by atoms with van der Waals surface area (Å²) in [7, 11) is 0. The van der Waals surface area contributed by atoms with Gasteiger partial charge in [0.05, 0.1) is 4.92 Å². The number of aliphatic hydroxyl groups is 1. The number of piperazine rings is 1. The van der Waals surface area contributed by atoms with Crippen LogP contribution in [0.25, 0.3) is 0 Å². The summed E-state index contributed by atoms with van der Waals surface area (Å²) in [5.74, 6) is -0.332. The quantitative estimate of drug-likeness (QED) is 0.541. The second-order valence-corrected chi connectivity index (χ2v) is 4.82. The smallest absolute Gasteiger partial charge is 0.311 e. The highest BCUT2D eigenvalue weighted by atomic mass is 16.6. The number of phenols is 1. The van der Waals surface area contributed by atoms with Crippen LogP contribution in [0, 0.1) is 10.1 Å². The molecule has 0 spiro atoms. The van der Waals surface area contributed by atoms with Gasteiger partial charge in [0.15, 0.2) is 5.75 Å². The minimum absolute atomic E-state index is 0.0171. The summed E-state index contributed by atoms with van der Waals surface area (Å²) in [6.07, 6.45) is 0.516. The molecule has 20 heavy (non-hydrogen) atoms. The lowest BCUT2D eigenvalue weighted by atomic mass is 10.0. The molecule has 1 atom stereocenters. The molecule has 0 aliphatic carbocycles. The lowest BCUT2D eigenvalue weighted by Crippen LogP contribution is -2.45. The number of aromatic hydroxyl groups is 1. The molecule has 0 aromatic heterocycles. The Bertz CT molecular complexity index is 475. The first-order chi connectivity index (χ1) is 9.63. The maximum Gasteiger partial charge on any atom is 0.311 e. The van der Waals surface area contributed by atoms with Gasteiger partial charge in [-0.05, 0) is 18.1 Å². The number of nitro benzene ring substituents is 1. The average Bonchev–Trinajstić information content (AvgIpc) is 2.46. The molecule has 1 aliphatic rings. The minimum atomic E-state index is -0.591. The highest BCUT2D eigenvalue weighted by molar-refractivity contribution is 5.48. The van der Waals surface area contributed by atoms with E-state index in [1.54, 1.807) is 6.07 Å². The molecule has 1 aromatic carbocycles. The zero-order chi connectivity index (χ0) is 14.5. The van der Waals surface area contributed by atoms with Crippen molar-refractivity contribution in [3.63, 3.8) is 0 Å². The first-order valence-corrected chi connectivity index (χ1v) is 6.66. The van der Waals surface area contributed by atoms with Crippen LogP contribution in [0.15, 0.2) is 18.2 Å². The van der Waals surface area contributed by atoms with E-state index in [0.717, 1.165) is 31.7 Å². The van der Waals surface area contributed by atoms with E-state index in [0.29, 0.717) is 6.42 Å². The topological polar surface area (TPSA) is 98.9 Å². The molecule has 1 fully saturated rings. The third-order valence-corrected chi connectivity index (χ3v) is 3.58. The van der Waals surface area contributed by atoms with Crippen molar-refractivity contribution in [3.8, 4) is 5.75 Å². The molecular formula is C13H19N3O4. The van der Waals surface area contributed by atoms with Gasteiger partial charge in [0.2, 0.25) is 0 Å². The Morgan fingerprint density at radius 3 is 2.70 bits per heavy atom. The Labute approximate surface area is 117 Å². The molecule has 0 amide bonds. The first-order valence-electron chi connectivity index (χ1n) is 6.66. The average molecular weight is 281 g/mol. The number of rotatable bonds is 5. The minimum Gasteiger partial charge on any atom is -0.502 e. The molecule has 0 saturated carbocycles. The van der Waals surface area contributed by atoms with Crippen molar-refractivity contribution in [2.45, 2.75) is 12.5 Å². The number of benzene rings is 1. The van der Waals surface area contributed by atoms with Gasteiger partial charge in [-0.2, -0.15) is 0 Å². The highest BCUT2D eigenvalue weighted by Crippen LogP contribution is 2.32. The largest absolute Gasteiger partial charge is 0.502 e. The van der Waals surface area contributed by atoms with Gasteiger partial charge >= 0.3 is 5.69 Å². The van der Waals surface area contributed by atoms with Gasteiger partial charge in [-0.1, -0.05) is 6.07 Å². The lowest BCUT2D eigenvalue weighted by Gasteiger charge is -2.35. The van der Waals surface area contributed by atoms with Crippen LogP contribution in [0.4, 0.5) is 5.69 Å². The second kappa shape index (κ2) is 6.65. The SMILES string of the molecule is O=[N+]([O-])c1cc([C@@H](CCO)N2CCNCC2)ccc1O. The predicted octanol–water partition coefficient (Wildman–Crippen LogP) is 0.629. The number of nitrogens with zero attached hydrogens (tertiary/aromatic N) is 2. The monoisotopic (exact) mass is 281 g/mol. The van der Waals surface area contributed by atoms with E-state index in [1.165, 1.54) is 12.1 Å². The Kier molecular flexibility index (Phi) is 4.89. The fraction of sp³-hybridized carbons (Fsp3) is 0.538. The molecule has 7 nitrogen and oxygen atoms in total. The van der Waals surface area contributed by atoms with E-state index in [4.69, 9.17) is 0 Å². The van der Waals surface area contributed by atoms with E-state index in [9.17, 15) is 20.3 Å². The van der Waals surface area contributed by atoms with Gasteiger partial charge in [-0.3, -0.25) is 15.0 Å². The fourth-order valence-electron chi connectivity index (χ4n) is 2.57. The van der Waals surface area contributed by atoms with Gasteiger partial charge in [-0.25, -0.2) is 0 Å². The predicted molar refractivity (Wildman–Crippen MR) is 73.6 cm³/mol. The van der Waals surface area contributed by atoms with Crippen molar-refractivity contribution in [1.82, 2.24) is 10.2 Å². The highest BCUT2D eigenvalue weighted by Gasteiger charge is 2.24. The summed E-state index contributed by atoms with van der Waals surface area (Å²) in [4.78, 5) is 12.5. The van der Waals surface area contributed by atoms with Crippen LogP contribution in [0.5, 0.6) is 5.75 Å². The van der Waals surface area contributed by atoms with Gasteiger partial charge in [0.1, 0.15) is 0 Å². The van der Waals surface area contributed by atoms with Gasteiger partial charge in [0, 0.05) is 44.9 Å². The van der Waals surface area contributed by atoms with Crippen LogP contribution in [0.3, 0.4) is 0 Å². The number of aliphatic hydroxyl groups excluding tert-OH is 1. The molecule has 1 saturated heterocycles. The summed E-state index contributed by atoms with van der Waals surface area (Å²) < 4.78 is 0. The Balaban J connectivity index is 2.28. The zero-order valence-corrected chi connectivity index (χ0v) is 11.2. The number of hydrogen-bond acceptors (Lipinski definition) is 6. The van der Waals surface area contributed by atoms with E-state index in [2.05, 4.69) is 10.2 Å². The van der Waals surface area contributed by atoms with Gasteiger partial charge < -0.3 is 15.5 Å². The van der Waals surface area contributed by atoms with Crippen molar-refractivity contribution in [3.05, 3.63) is 33.9 Å². The van der Waals surface area contributed by atoms with Crippen LogP contribution >= 0.6 is 0 Å². The van der Waals surface area contributed by atoms with E-state index in [-0.39, 0.29) is 24.1 Å². The summed E-state index contributed by atoms with van der Waals surface area (Å²) in [5, 5.41) is 32.9. The molecule has 2 rings (SSSR count). The maximum absolute atomic E-state index is 10.9. The molecule has 7 heteroatoms. The normalized spacial score (nSPS) is 17.9. The molecule has 1 aliphatic heterocycles. The van der Waals surface area contributed by atoms with Gasteiger partial charge in [-0.15, -0.1) is 0 Å². The molecule has 0 bridgehead atoms. The molecule has 0 unspecified atom stereocenters. The maximum atomic E-state index is 10.9. The van der Waals surface area contributed by atoms with Crippen molar-refractivity contribution >= 4 is 5.69 Å². The molecular weight excluding hydrogens is 262 g/mol. The molecule has 1 heterocycles. The number of nitro groups is 1. The van der Waals surface area contributed by atoms with E-state index in [1.807, 2.05) is 0 Å². The summed E-state index contributed by atoms with van der Waals surface area (Å²) in [5.41, 5.74) is 0.464. The second-order valence-electron chi connectivity index (χ2n) is 4.82. The molecule has 0 radical (unpaired) electrons. The van der Waals surface area contributed by atoms with Crippen LogP contribution in [0.1, 0.15) is 18.0 Å². The Hall–Kier alpha value is -1.70. The number of nitrogens with one attached hydrogen (secondary N) is 1. The van der Waals surface area contributed by atoms with Crippen LogP contribution in [-0.2, 0) is 0 Å². The summed E-state index contributed by atoms with van der Waals surface area (Å²) >= 11 is 0. The Morgan fingerprint density at radius 2 is 2.10 bits per heavy atom. The zero-order valence-electron chi connectivity index (χ0n) is 11.2. The third kappa shape index (κ3) is 3.24. The number of hydrogen-bond donors (Lipinski definition) is 3. The van der Waals surface area contributed by atoms with E-state index >= 15 is 0 Å². The standard InChI is InChI=1S/C13H19N3O4/c17-8-3-11(15-6-4-14-5-7-15)10-1-2-13(18)12(9-10)16(19)20/h1-2,9,11,14,17-18H,3-8H2/t11-/m1/s1. The fourth-order valence-corrected chi connectivity index (χ4v) is 2.57. The van der Waals surface area contributed by atoms with Crippen LogP contribution < -0.4 is 5.32 Å². The van der Waals surface area contributed by atoms with Crippen molar-refractivity contribution in [2.24, 2.45) is 0 Å². The van der Waals surface area contributed by atoms with Crippen LogP contribution in [-0.4, -0.2) is 52.8 Å². The molecule has 3 N–H and O–H groups in total. The number of phenolic OH excluding ortho intramolecular Hbond substituents is 1. The summed E-state index contributed by atoms with van der Waals surface area (Å²) in [6, 6.07) is 4.36. The lowest BCUT2D eigenvalue weighted by molar-refractivity contribution is -0.386. The summed E-state index contributed by atoms with van der Waals surface area (Å²) in [6.45, 7) is 3.41. The van der Waals surface area contributed by atoms with E-state index < -0.39 is 4.92 Å². The first kappa shape index (κ1) is 14.7. The Morgan fingerprint density at radius 1 is 1.40 bits per heavy atom. The van der Waals surface area contributed by atoms with Crippen molar-refractivity contribution in [1.29, 1.82) is 0 Å². The third-order valence-electron chi connectivity index (χ3n) is 3.58.